The van der Waals surface area contributed by atoms with Crippen LogP contribution in [0.15, 0.2) is 46.9 Å². The van der Waals surface area contributed by atoms with Gasteiger partial charge in [0.05, 0.1) is 12.8 Å². The molecule has 1 aromatic heterocycles. The van der Waals surface area contributed by atoms with Gasteiger partial charge in [0.1, 0.15) is 17.3 Å². The van der Waals surface area contributed by atoms with Crippen LogP contribution in [-0.2, 0) is 12.8 Å². The van der Waals surface area contributed by atoms with Gasteiger partial charge in [-0.2, -0.15) is 5.10 Å². The molecule has 3 aromatic rings. The van der Waals surface area contributed by atoms with Crippen molar-refractivity contribution in [3.63, 3.8) is 0 Å². The van der Waals surface area contributed by atoms with Crippen molar-refractivity contribution in [2.45, 2.75) is 19.8 Å². The molecule has 0 bridgehead atoms. The summed E-state index contributed by atoms with van der Waals surface area (Å²) >= 11 is 3.57. The first-order valence-electron chi connectivity index (χ1n) is 8.50. The van der Waals surface area contributed by atoms with Crippen LogP contribution in [-0.4, -0.2) is 23.4 Å². The van der Waals surface area contributed by atoms with Crippen LogP contribution in [0.1, 0.15) is 18.1 Å². The molecule has 0 fully saturated rings. The first kappa shape index (κ1) is 16.2. The molecule has 5 heteroatoms. The second kappa shape index (κ2) is 6.56. The summed E-state index contributed by atoms with van der Waals surface area (Å²) in [6.07, 6.45) is 2.00. The summed E-state index contributed by atoms with van der Waals surface area (Å²) in [5, 5.41) is 8.42. The smallest absolute Gasteiger partial charge is 0.133 e. The minimum absolute atomic E-state index is 0.837. The molecule has 4 nitrogen and oxygen atoms in total. The van der Waals surface area contributed by atoms with Gasteiger partial charge in [-0.3, -0.25) is 0 Å². The van der Waals surface area contributed by atoms with Gasteiger partial charge in [0.15, 0.2) is 0 Å². The second-order valence-corrected chi connectivity index (χ2v) is 7.04. The summed E-state index contributed by atoms with van der Waals surface area (Å²) in [5.74, 6) is 1.92. The fraction of sp³-hybridized carbons (Fsp3) is 0.250. The minimum atomic E-state index is 0.837. The first-order chi connectivity index (χ1) is 12.2. The van der Waals surface area contributed by atoms with Gasteiger partial charge < -0.3 is 10.1 Å². The molecule has 0 saturated carbocycles. The number of halogens is 1. The van der Waals surface area contributed by atoms with Crippen LogP contribution >= 0.6 is 15.9 Å². The minimum Gasteiger partial charge on any atom is -0.496 e. The Hall–Kier alpha value is -2.27. The number of anilines is 1. The van der Waals surface area contributed by atoms with E-state index < -0.39 is 0 Å². The number of ether oxygens (including phenoxy) is 1. The van der Waals surface area contributed by atoms with Gasteiger partial charge >= 0.3 is 0 Å². The van der Waals surface area contributed by atoms with E-state index in [1.54, 1.807) is 7.11 Å². The van der Waals surface area contributed by atoms with Gasteiger partial charge in [0, 0.05) is 22.1 Å². The third-order valence-electron chi connectivity index (χ3n) is 4.66. The molecule has 0 spiro atoms. The van der Waals surface area contributed by atoms with Crippen LogP contribution in [0.2, 0.25) is 0 Å². The second-order valence-electron chi connectivity index (χ2n) is 6.13. The number of aryl methyl sites for hydroxylation is 1. The van der Waals surface area contributed by atoms with Gasteiger partial charge in [-0.05, 0) is 48.7 Å². The first-order valence-corrected chi connectivity index (χ1v) is 9.29. The van der Waals surface area contributed by atoms with E-state index in [0.29, 0.717) is 0 Å². The summed E-state index contributed by atoms with van der Waals surface area (Å²) in [7, 11) is 1.70. The molecule has 1 N–H and O–H groups in total. The molecule has 1 aliphatic rings. The number of nitrogens with one attached hydrogen (secondary N) is 1. The fourth-order valence-electron chi connectivity index (χ4n) is 3.32. The molecule has 2 aromatic carbocycles. The van der Waals surface area contributed by atoms with Crippen molar-refractivity contribution < 1.29 is 4.74 Å². The maximum atomic E-state index is 5.57. The van der Waals surface area contributed by atoms with Gasteiger partial charge in [-0.15, -0.1) is 0 Å². The van der Waals surface area contributed by atoms with Crippen molar-refractivity contribution in [2.75, 3.05) is 19.0 Å². The Kier molecular flexibility index (Phi) is 4.25. The van der Waals surface area contributed by atoms with Crippen molar-refractivity contribution in [3.8, 4) is 22.7 Å². The number of hydrogen-bond acceptors (Lipinski definition) is 3. The van der Waals surface area contributed by atoms with Crippen LogP contribution < -0.4 is 10.1 Å². The molecule has 2 heterocycles. The highest BCUT2D eigenvalue weighted by Gasteiger charge is 2.25. The van der Waals surface area contributed by atoms with Crippen molar-refractivity contribution in [3.05, 3.63) is 58.1 Å². The fourth-order valence-corrected chi connectivity index (χ4v) is 3.68. The van der Waals surface area contributed by atoms with Crippen LogP contribution in [0.25, 0.3) is 16.9 Å². The Morgan fingerprint density at radius 1 is 1.20 bits per heavy atom. The molecular weight excluding hydrogens is 378 g/mol. The Labute approximate surface area is 156 Å². The highest BCUT2D eigenvalue weighted by Crippen LogP contribution is 2.39. The average molecular weight is 398 g/mol. The Morgan fingerprint density at radius 3 is 2.72 bits per heavy atom. The zero-order valence-electron chi connectivity index (χ0n) is 14.3. The SMILES string of the molecule is CCc1ccc(-n2nc(-c3cc(Br)ccc3OC)c3c2NCC3)cc1. The number of nitrogens with zero attached hydrogens (tertiary/aromatic N) is 2. The third kappa shape index (κ3) is 2.82. The van der Waals surface area contributed by atoms with Crippen LogP contribution in [0.3, 0.4) is 0 Å². The van der Waals surface area contributed by atoms with E-state index in [9.17, 15) is 0 Å². The van der Waals surface area contributed by atoms with Crippen LogP contribution in [0.5, 0.6) is 5.75 Å². The molecule has 128 valence electrons. The molecular formula is C20H20BrN3O. The van der Waals surface area contributed by atoms with Gasteiger partial charge in [0.25, 0.3) is 0 Å². The quantitative estimate of drug-likeness (QED) is 0.684. The Morgan fingerprint density at radius 2 is 2.00 bits per heavy atom. The van der Waals surface area contributed by atoms with Crippen molar-refractivity contribution in [1.82, 2.24) is 9.78 Å². The molecule has 0 saturated heterocycles. The average Bonchev–Trinajstić information content (AvgIpc) is 3.24. The number of aromatic nitrogens is 2. The summed E-state index contributed by atoms with van der Waals surface area (Å²) in [4.78, 5) is 0. The zero-order valence-corrected chi connectivity index (χ0v) is 15.9. The molecule has 25 heavy (non-hydrogen) atoms. The number of fused-ring (bicyclic) bond motifs is 1. The van der Waals surface area contributed by atoms with E-state index >= 15 is 0 Å². The van der Waals surface area contributed by atoms with E-state index in [2.05, 4.69) is 58.5 Å². The number of rotatable bonds is 4. The zero-order chi connectivity index (χ0) is 17.4. The molecule has 0 unspecified atom stereocenters. The summed E-state index contributed by atoms with van der Waals surface area (Å²) in [6.45, 7) is 3.10. The van der Waals surface area contributed by atoms with Gasteiger partial charge in [-0.25, -0.2) is 4.68 Å². The molecule has 1 aliphatic heterocycles. The standard InChI is InChI=1S/C20H20BrN3O/c1-3-13-4-7-15(8-5-13)24-20-16(10-11-22-20)19(23-24)17-12-14(21)6-9-18(17)25-2/h4-9,12,22H,3,10-11H2,1-2H3. The lowest BCUT2D eigenvalue weighted by atomic mass is 10.1. The molecule has 0 amide bonds. The van der Waals surface area contributed by atoms with Crippen molar-refractivity contribution in [2.24, 2.45) is 0 Å². The van der Waals surface area contributed by atoms with Gasteiger partial charge in [-0.1, -0.05) is 35.0 Å². The maximum Gasteiger partial charge on any atom is 0.133 e. The third-order valence-corrected chi connectivity index (χ3v) is 5.15. The predicted octanol–water partition coefficient (Wildman–Crippen LogP) is 4.84. The predicted molar refractivity (Wildman–Crippen MR) is 105 cm³/mol. The molecule has 0 atom stereocenters. The van der Waals surface area contributed by atoms with E-state index in [0.717, 1.165) is 52.4 Å². The summed E-state index contributed by atoms with van der Waals surface area (Å²) in [5.41, 5.74) is 5.65. The number of methoxy groups -OCH3 is 1. The molecule has 0 radical (unpaired) electrons. The van der Waals surface area contributed by atoms with E-state index in [4.69, 9.17) is 9.84 Å². The highest BCUT2D eigenvalue weighted by molar-refractivity contribution is 9.10. The van der Waals surface area contributed by atoms with E-state index in [-0.39, 0.29) is 0 Å². The number of hydrogen-bond donors (Lipinski definition) is 1. The number of benzene rings is 2. The monoisotopic (exact) mass is 397 g/mol. The lowest BCUT2D eigenvalue weighted by molar-refractivity contribution is 0.416. The van der Waals surface area contributed by atoms with E-state index in [1.165, 1.54) is 11.1 Å². The topological polar surface area (TPSA) is 39.1 Å². The summed E-state index contributed by atoms with van der Waals surface area (Å²) in [6, 6.07) is 14.6. The summed E-state index contributed by atoms with van der Waals surface area (Å²) < 4.78 is 8.60. The van der Waals surface area contributed by atoms with Crippen LogP contribution in [0.4, 0.5) is 5.82 Å². The molecule has 4 rings (SSSR count). The van der Waals surface area contributed by atoms with Crippen molar-refractivity contribution >= 4 is 21.7 Å². The molecule has 0 aliphatic carbocycles. The highest BCUT2D eigenvalue weighted by atomic mass is 79.9. The van der Waals surface area contributed by atoms with Crippen LogP contribution in [0, 0.1) is 0 Å². The lowest BCUT2D eigenvalue weighted by Gasteiger charge is -2.09. The Balaban J connectivity index is 1.87. The Bertz CT molecular complexity index is 915. The maximum absolute atomic E-state index is 5.57. The normalized spacial score (nSPS) is 12.8. The van der Waals surface area contributed by atoms with Crippen molar-refractivity contribution in [1.29, 1.82) is 0 Å². The van der Waals surface area contributed by atoms with E-state index in [1.807, 2.05) is 16.8 Å². The largest absolute Gasteiger partial charge is 0.496 e. The van der Waals surface area contributed by atoms with Gasteiger partial charge in [0.2, 0.25) is 0 Å². The lowest BCUT2D eigenvalue weighted by Crippen LogP contribution is -2.04.